The maximum atomic E-state index is 12.6. The summed E-state index contributed by atoms with van der Waals surface area (Å²) in [5.74, 6) is 1.87. The Morgan fingerprint density at radius 1 is 0.929 bits per heavy atom. The predicted molar refractivity (Wildman–Crippen MR) is 111 cm³/mol. The van der Waals surface area contributed by atoms with Crippen molar-refractivity contribution in [3.63, 3.8) is 0 Å². The number of carbonyl (C=O) groups is 1. The molecule has 0 unspecified atom stereocenters. The summed E-state index contributed by atoms with van der Waals surface area (Å²) in [6.45, 7) is 10.1. The highest BCUT2D eigenvalue weighted by Gasteiger charge is 2.21. The van der Waals surface area contributed by atoms with Crippen LogP contribution in [-0.2, 0) is 10.2 Å². The van der Waals surface area contributed by atoms with E-state index < -0.39 is 6.10 Å². The van der Waals surface area contributed by atoms with E-state index in [-0.39, 0.29) is 17.4 Å². The quantitative estimate of drug-likeness (QED) is 0.754. The number of benzene rings is 2. The highest BCUT2D eigenvalue weighted by Crippen LogP contribution is 2.29. The molecule has 0 aromatic heterocycles. The molecule has 0 aliphatic carbocycles. The summed E-state index contributed by atoms with van der Waals surface area (Å²) in [5, 5.41) is 2.98. The maximum absolute atomic E-state index is 12.6. The second kappa shape index (κ2) is 9.00. The summed E-state index contributed by atoms with van der Waals surface area (Å²) in [6.07, 6.45) is -0.625. The predicted octanol–water partition coefficient (Wildman–Crippen LogP) is 4.65. The molecule has 0 bridgehead atoms. The number of nitrogens with one attached hydrogen (secondary N) is 1. The minimum atomic E-state index is -0.625. The van der Waals surface area contributed by atoms with Crippen molar-refractivity contribution in [2.75, 3.05) is 14.2 Å². The standard InChI is InChI=1S/C23H31NO4/c1-15(20-14-19(26-6)12-13-21(20)27-7)24-22(25)16(2)28-18-10-8-17(9-11-18)23(3,4)5/h8-16H,1-7H3,(H,24,25)/t15-,16+/m0/s1. The Morgan fingerprint density at radius 3 is 2.07 bits per heavy atom. The van der Waals surface area contributed by atoms with Gasteiger partial charge in [-0.25, -0.2) is 0 Å². The van der Waals surface area contributed by atoms with Crippen LogP contribution in [0.3, 0.4) is 0 Å². The molecule has 2 aromatic rings. The van der Waals surface area contributed by atoms with Crippen LogP contribution in [-0.4, -0.2) is 26.2 Å². The lowest BCUT2D eigenvalue weighted by atomic mass is 9.87. The summed E-state index contributed by atoms with van der Waals surface area (Å²) in [6, 6.07) is 13.1. The van der Waals surface area contributed by atoms with E-state index in [0.29, 0.717) is 17.2 Å². The summed E-state index contributed by atoms with van der Waals surface area (Å²) in [4.78, 5) is 12.6. The van der Waals surface area contributed by atoms with E-state index in [1.165, 1.54) is 5.56 Å². The van der Waals surface area contributed by atoms with E-state index in [4.69, 9.17) is 14.2 Å². The van der Waals surface area contributed by atoms with E-state index in [1.807, 2.05) is 49.4 Å². The molecule has 2 atom stereocenters. The molecule has 0 saturated carbocycles. The molecule has 28 heavy (non-hydrogen) atoms. The average molecular weight is 386 g/mol. The number of rotatable bonds is 7. The van der Waals surface area contributed by atoms with Crippen molar-refractivity contribution in [2.45, 2.75) is 52.2 Å². The summed E-state index contributed by atoms with van der Waals surface area (Å²) in [7, 11) is 3.21. The lowest BCUT2D eigenvalue weighted by molar-refractivity contribution is -0.127. The molecular formula is C23H31NO4. The van der Waals surface area contributed by atoms with E-state index in [1.54, 1.807) is 21.1 Å². The molecular weight excluding hydrogens is 354 g/mol. The van der Waals surface area contributed by atoms with Crippen LogP contribution in [0.5, 0.6) is 17.2 Å². The van der Waals surface area contributed by atoms with Crippen molar-refractivity contribution >= 4 is 5.91 Å². The Kier molecular flexibility index (Phi) is 6.95. The normalized spacial score (nSPS) is 13.4. The molecule has 0 aliphatic heterocycles. The van der Waals surface area contributed by atoms with Gasteiger partial charge in [-0.3, -0.25) is 4.79 Å². The third-order valence-corrected chi connectivity index (χ3v) is 4.66. The van der Waals surface area contributed by atoms with Gasteiger partial charge in [0, 0.05) is 5.56 Å². The van der Waals surface area contributed by atoms with Gasteiger partial charge in [0.15, 0.2) is 6.10 Å². The number of methoxy groups -OCH3 is 2. The highest BCUT2D eigenvalue weighted by atomic mass is 16.5. The molecule has 0 radical (unpaired) electrons. The van der Waals surface area contributed by atoms with E-state index in [2.05, 4.69) is 26.1 Å². The second-order valence-electron chi connectivity index (χ2n) is 7.87. The molecule has 0 aliphatic rings. The summed E-state index contributed by atoms with van der Waals surface area (Å²) >= 11 is 0. The van der Waals surface area contributed by atoms with Gasteiger partial charge in [0.25, 0.3) is 5.91 Å². The number of ether oxygens (including phenoxy) is 3. The number of hydrogen-bond donors (Lipinski definition) is 1. The van der Waals surface area contributed by atoms with Crippen molar-refractivity contribution in [3.05, 3.63) is 53.6 Å². The third kappa shape index (κ3) is 5.41. The lowest BCUT2D eigenvalue weighted by Gasteiger charge is -2.22. The smallest absolute Gasteiger partial charge is 0.261 e. The molecule has 0 fully saturated rings. The Bertz CT molecular complexity index is 793. The minimum Gasteiger partial charge on any atom is -0.497 e. The minimum absolute atomic E-state index is 0.0761. The first-order valence-corrected chi connectivity index (χ1v) is 9.45. The summed E-state index contributed by atoms with van der Waals surface area (Å²) < 4.78 is 16.5. The fourth-order valence-electron chi connectivity index (χ4n) is 2.88. The number of hydrogen-bond acceptors (Lipinski definition) is 4. The van der Waals surface area contributed by atoms with Crippen LogP contribution in [0.25, 0.3) is 0 Å². The molecule has 5 nitrogen and oxygen atoms in total. The molecule has 2 aromatic carbocycles. The Hall–Kier alpha value is -2.69. The zero-order valence-electron chi connectivity index (χ0n) is 17.8. The number of carbonyl (C=O) groups excluding carboxylic acids is 1. The van der Waals surface area contributed by atoms with Gasteiger partial charge >= 0.3 is 0 Å². The van der Waals surface area contributed by atoms with Crippen LogP contribution in [0.1, 0.15) is 51.8 Å². The van der Waals surface area contributed by atoms with Gasteiger partial charge < -0.3 is 19.5 Å². The second-order valence-corrected chi connectivity index (χ2v) is 7.87. The van der Waals surface area contributed by atoms with E-state index in [0.717, 1.165) is 5.56 Å². The van der Waals surface area contributed by atoms with Crippen LogP contribution in [0.4, 0.5) is 0 Å². The molecule has 1 amide bonds. The zero-order chi connectivity index (χ0) is 20.9. The molecule has 0 spiro atoms. The summed E-state index contributed by atoms with van der Waals surface area (Å²) in [5.41, 5.74) is 2.14. The van der Waals surface area contributed by atoms with Crippen LogP contribution >= 0.6 is 0 Å². The van der Waals surface area contributed by atoms with Crippen molar-refractivity contribution in [2.24, 2.45) is 0 Å². The van der Waals surface area contributed by atoms with Crippen molar-refractivity contribution in [3.8, 4) is 17.2 Å². The topological polar surface area (TPSA) is 56.8 Å². The molecule has 5 heteroatoms. The van der Waals surface area contributed by atoms with Crippen LogP contribution in [0, 0.1) is 0 Å². The first-order chi connectivity index (χ1) is 13.2. The van der Waals surface area contributed by atoms with Crippen LogP contribution in [0.2, 0.25) is 0 Å². The van der Waals surface area contributed by atoms with Gasteiger partial charge in [-0.1, -0.05) is 32.9 Å². The Balaban J connectivity index is 2.04. The highest BCUT2D eigenvalue weighted by molar-refractivity contribution is 5.81. The van der Waals surface area contributed by atoms with Crippen molar-refractivity contribution in [1.29, 1.82) is 0 Å². The maximum Gasteiger partial charge on any atom is 0.261 e. The lowest BCUT2D eigenvalue weighted by Crippen LogP contribution is -2.37. The molecule has 0 heterocycles. The monoisotopic (exact) mass is 385 g/mol. The fraction of sp³-hybridized carbons (Fsp3) is 0.435. The van der Waals surface area contributed by atoms with Gasteiger partial charge in [0.05, 0.1) is 20.3 Å². The first-order valence-electron chi connectivity index (χ1n) is 9.45. The molecule has 1 N–H and O–H groups in total. The zero-order valence-corrected chi connectivity index (χ0v) is 17.8. The Morgan fingerprint density at radius 2 is 1.54 bits per heavy atom. The molecule has 0 saturated heterocycles. The van der Waals surface area contributed by atoms with Gasteiger partial charge in [-0.2, -0.15) is 0 Å². The third-order valence-electron chi connectivity index (χ3n) is 4.66. The van der Waals surface area contributed by atoms with Gasteiger partial charge in [-0.05, 0) is 55.2 Å². The van der Waals surface area contributed by atoms with Crippen LogP contribution < -0.4 is 19.5 Å². The Labute approximate surface area is 168 Å². The largest absolute Gasteiger partial charge is 0.497 e. The van der Waals surface area contributed by atoms with Crippen molar-refractivity contribution in [1.82, 2.24) is 5.32 Å². The van der Waals surface area contributed by atoms with Gasteiger partial charge in [-0.15, -0.1) is 0 Å². The number of amides is 1. The molecule has 2 rings (SSSR count). The van der Waals surface area contributed by atoms with Crippen LogP contribution in [0.15, 0.2) is 42.5 Å². The fourth-order valence-corrected chi connectivity index (χ4v) is 2.88. The average Bonchev–Trinajstić information content (AvgIpc) is 2.66. The van der Waals surface area contributed by atoms with Gasteiger partial charge in [0.2, 0.25) is 0 Å². The molecule has 152 valence electrons. The van der Waals surface area contributed by atoms with E-state index >= 15 is 0 Å². The van der Waals surface area contributed by atoms with Crippen molar-refractivity contribution < 1.29 is 19.0 Å². The van der Waals surface area contributed by atoms with E-state index in [9.17, 15) is 4.79 Å². The van der Waals surface area contributed by atoms with Gasteiger partial charge in [0.1, 0.15) is 17.2 Å². The first kappa shape index (κ1) is 21.6. The SMILES string of the molecule is COc1ccc(OC)c([C@H](C)NC(=O)[C@@H](C)Oc2ccc(C(C)(C)C)cc2)c1.